The van der Waals surface area contributed by atoms with Crippen LogP contribution in [0.1, 0.15) is 40.1 Å². The Kier molecular flexibility index (Phi) is 10.0. The van der Waals surface area contributed by atoms with Crippen LogP contribution in [0, 0.1) is 6.92 Å². The van der Waals surface area contributed by atoms with Gasteiger partial charge in [-0.3, -0.25) is 4.90 Å². The minimum Gasteiger partial charge on any atom is -1.00 e. The molecule has 1 saturated heterocycles. The van der Waals surface area contributed by atoms with Gasteiger partial charge in [0.1, 0.15) is 30.9 Å². The summed E-state index contributed by atoms with van der Waals surface area (Å²) >= 11 is 0. The predicted octanol–water partition coefficient (Wildman–Crippen LogP) is 3.68. The molecule has 0 aliphatic carbocycles. The summed E-state index contributed by atoms with van der Waals surface area (Å²) in [6.07, 6.45) is 0.613. The van der Waals surface area contributed by atoms with Gasteiger partial charge in [0, 0.05) is 23.2 Å². The molecular weight excluding hydrogens is 727 g/mol. The van der Waals surface area contributed by atoms with Crippen LogP contribution < -0.4 is 26.5 Å². The Bertz CT molecular complexity index is 1310. The van der Waals surface area contributed by atoms with Crippen molar-refractivity contribution in [2.75, 3.05) is 6.61 Å². The van der Waals surface area contributed by atoms with Crippen LogP contribution in [0.5, 0.6) is 11.5 Å². The molecule has 0 saturated carbocycles. The van der Waals surface area contributed by atoms with Gasteiger partial charge in [0.15, 0.2) is 0 Å². The number of benzene rings is 4. The maximum absolute atomic E-state index is 6.43. The quantitative estimate of drug-likeness (QED) is 0.270. The van der Waals surface area contributed by atoms with Crippen molar-refractivity contribution in [2.24, 2.45) is 0 Å². The maximum atomic E-state index is 6.43. The van der Waals surface area contributed by atoms with Gasteiger partial charge in [-0.1, -0.05) is 91.0 Å². The maximum Gasteiger partial charge on any atom is 1.00 e. The molecule has 3 atom stereocenters. The van der Waals surface area contributed by atoms with Crippen molar-refractivity contribution < 1.29 is 58.9 Å². The first kappa shape index (κ1) is 28.8. The van der Waals surface area contributed by atoms with Crippen molar-refractivity contribution in [3.05, 3.63) is 138 Å². The van der Waals surface area contributed by atoms with E-state index in [2.05, 4.69) is 72.5 Å². The molecule has 4 aromatic carbocycles. The van der Waals surface area contributed by atoms with Gasteiger partial charge >= 0.3 is 27.7 Å². The van der Waals surface area contributed by atoms with Gasteiger partial charge in [-0.2, -0.15) is 0 Å². The number of ether oxygens (including phenoxy) is 3. The Morgan fingerprint density at radius 1 is 0.789 bits per heavy atom. The van der Waals surface area contributed by atoms with Gasteiger partial charge in [0.05, 0.1) is 12.6 Å². The molecule has 1 fully saturated rings. The fourth-order valence-electron chi connectivity index (χ4n) is 5.27. The third kappa shape index (κ3) is 6.17. The van der Waals surface area contributed by atoms with E-state index in [4.69, 9.17) is 14.2 Å². The number of nitrogens with zero attached hydrogens (tertiary/aromatic N) is 1. The van der Waals surface area contributed by atoms with Crippen LogP contribution in [0.2, 0.25) is 0 Å². The molecule has 2 heterocycles. The topological polar surface area (TPSA) is 30.9 Å². The molecule has 38 heavy (non-hydrogen) atoms. The molecule has 0 N–H and O–H groups in total. The van der Waals surface area contributed by atoms with E-state index in [1.807, 2.05) is 42.5 Å². The zero-order valence-electron chi connectivity index (χ0n) is 21.3. The van der Waals surface area contributed by atoms with E-state index < -0.39 is 0 Å². The van der Waals surface area contributed by atoms with Crippen LogP contribution in [-0.4, -0.2) is 17.5 Å². The van der Waals surface area contributed by atoms with E-state index in [1.54, 1.807) is 0 Å². The number of rotatable bonds is 7. The number of halogens is 1. The Labute approximate surface area is 256 Å². The van der Waals surface area contributed by atoms with Crippen LogP contribution in [0.3, 0.4) is 0 Å². The van der Waals surface area contributed by atoms with Gasteiger partial charge in [-0.15, -0.1) is 0 Å². The summed E-state index contributed by atoms with van der Waals surface area (Å²) in [6.45, 7) is 6.16. The Hall–Kier alpha value is -2.18. The van der Waals surface area contributed by atoms with E-state index in [1.165, 1.54) is 5.56 Å². The smallest absolute Gasteiger partial charge is 1.00 e. The number of fused-ring (bicyclic) bond motifs is 3. The minimum absolute atomic E-state index is 0. The van der Waals surface area contributed by atoms with E-state index in [0.29, 0.717) is 19.8 Å². The zero-order chi connectivity index (χ0) is 24.3. The second-order valence-electron chi connectivity index (χ2n) is 9.46. The molecule has 4 nitrogen and oxygen atoms in total. The summed E-state index contributed by atoms with van der Waals surface area (Å²) < 4.78 is 19.1. The molecule has 0 amide bonds. The average molecular weight is 757 g/mol. The van der Waals surface area contributed by atoms with Crippen LogP contribution in [0.15, 0.2) is 103 Å². The van der Waals surface area contributed by atoms with Crippen molar-refractivity contribution in [1.82, 2.24) is 4.90 Å². The molecule has 4 aromatic rings. The number of hydrogen-bond donors (Lipinski definition) is 0. The van der Waals surface area contributed by atoms with Gasteiger partial charge in [-0.25, -0.2) is 0 Å². The fourth-order valence-corrected chi connectivity index (χ4v) is 5.27. The monoisotopic (exact) mass is 757 g/mol. The van der Waals surface area contributed by atoms with Crippen molar-refractivity contribution in [1.29, 1.82) is 0 Å². The molecule has 2 aliphatic heterocycles. The summed E-state index contributed by atoms with van der Waals surface area (Å²) in [6, 6.07) is 35.5. The van der Waals surface area contributed by atoms with Gasteiger partial charge < -0.3 is 31.2 Å². The van der Waals surface area contributed by atoms with Gasteiger partial charge in [0.25, 0.3) is 0 Å². The zero-order valence-corrected chi connectivity index (χ0v) is 28.4. The van der Waals surface area contributed by atoms with Crippen LogP contribution >= 0.6 is 0 Å². The largest absolute Gasteiger partial charge is 1.00 e. The Morgan fingerprint density at radius 2 is 1.37 bits per heavy atom. The standard InChI is InChI=1S/C32H30NO3.BrH.Hg/c1-23-17-28-29(32-33(23)30(22-36-32)26-15-9-4-10-16-26)18-27(34-20-24-11-5-2-6-12-24)19-31(28)35-21-25-13-7-3-8-14-25;;/h2-16,18-19,23,30,32H,1,17,20-22H2;1H;/q;;+1/p-1/t23-,30-,32?;;/m1../s1. The van der Waals surface area contributed by atoms with Crippen LogP contribution in [-0.2, 0) is 52.0 Å². The molecule has 2 aliphatic rings. The second kappa shape index (κ2) is 13.2. The van der Waals surface area contributed by atoms with Crippen LogP contribution in [0.25, 0.3) is 0 Å². The normalized spacial score (nSPS) is 19.9. The van der Waals surface area contributed by atoms with Crippen molar-refractivity contribution >= 4 is 0 Å². The molecule has 190 valence electrons. The van der Waals surface area contributed by atoms with E-state index >= 15 is 0 Å². The molecule has 6 rings (SSSR count). The summed E-state index contributed by atoms with van der Waals surface area (Å²) in [7, 11) is 0. The Balaban J connectivity index is 0.00000168. The molecule has 2 radical (unpaired) electrons. The van der Waals surface area contributed by atoms with E-state index in [-0.39, 0.29) is 63.0 Å². The number of hydrogen-bond acceptors (Lipinski definition) is 4. The summed E-state index contributed by atoms with van der Waals surface area (Å²) in [5.41, 5.74) is 5.79. The first-order valence-corrected chi connectivity index (χ1v) is 12.5. The fraction of sp³-hybridized carbons (Fsp3) is 0.219. The summed E-state index contributed by atoms with van der Waals surface area (Å²) in [5.74, 6) is 1.63. The van der Waals surface area contributed by atoms with Crippen molar-refractivity contribution in [3.63, 3.8) is 0 Å². The molecule has 6 heteroatoms. The molecule has 0 spiro atoms. The van der Waals surface area contributed by atoms with Crippen LogP contribution in [0.4, 0.5) is 0 Å². The first-order valence-electron chi connectivity index (χ1n) is 12.5. The SMILES string of the molecule is [Br-].[CH2][C@@H]1Cc2c(OCc3ccccc3)cc(OCc3ccccc3)cc2C2OC[C@H](c3ccccc3)N21.[Hg+]. The van der Waals surface area contributed by atoms with E-state index in [0.717, 1.165) is 40.2 Å². The Morgan fingerprint density at radius 3 is 2.00 bits per heavy atom. The molecule has 0 bridgehead atoms. The second-order valence-corrected chi connectivity index (χ2v) is 9.46. The first-order chi connectivity index (χ1) is 17.8. The summed E-state index contributed by atoms with van der Waals surface area (Å²) in [4.78, 5) is 2.40. The molecular formula is C32H30BrHgNO3. The predicted molar refractivity (Wildman–Crippen MR) is 141 cm³/mol. The van der Waals surface area contributed by atoms with Gasteiger partial charge in [-0.05, 0) is 36.1 Å². The average Bonchev–Trinajstić information content (AvgIpc) is 3.39. The third-order valence-corrected chi connectivity index (χ3v) is 7.06. The molecule has 1 unspecified atom stereocenters. The van der Waals surface area contributed by atoms with E-state index in [9.17, 15) is 0 Å². The van der Waals surface area contributed by atoms with Gasteiger partial charge in [0.2, 0.25) is 0 Å². The third-order valence-electron chi connectivity index (χ3n) is 7.06. The summed E-state index contributed by atoms with van der Waals surface area (Å²) in [5, 5.41) is 0. The van der Waals surface area contributed by atoms with Crippen molar-refractivity contribution in [2.45, 2.75) is 37.9 Å². The molecule has 0 aromatic heterocycles. The van der Waals surface area contributed by atoms with Crippen molar-refractivity contribution in [3.8, 4) is 11.5 Å². The minimum atomic E-state index is -0.180.